The Morgan fingerprint density at radius 3 is 3.05 bits per heavy atom. The number of hydrogen-bond donors (Lipinski definition) is 1. The van der Waals surface area contributed by atoms with Crippen LogP contribution in [0.4, 0.5) is 4.39 Å². The van der Waals surface area contributed by atoms with Crippen LogP contribution in [0.1, 0.15) is 30.4 Å². The summed E-state index contributed by atoms with van der Waals surface area (Å²) in [7, 11) is 0. The highest BCUT2D eigenvalue weighted by atomic mass is 19.1. The van der Waals surface area contributed by atoms with Gasteiger partial charge in [0.25, 0.3) is 0 Å². The summed E-state index contributed by atoms with van der Waals surface area (Å²) >= 11 is 0. The molecule has 102 valence electrons. The molecule has 1 saturated heterocycles. The van der Waals surface area contributed by atoms with Crippen molar-refractivity contribution in [2.45, 2.75) is 25.9 Å². The van der Waals surface area contributed by atoms with Crippen molar-refractivity contribution >= 4 is 0 Å². The van der Waals surface area contributed by atoms with Crippen LogP contribution >= 0.6 is 0 Å². The Hall–Kier alpha value is -1.44. The van der Waals surface area contributed by atoms with E-state index in [9.17, 15) is 4.39 Å². The van der Waals surface area contributed by atoms with Gasteiger partial charge in [-0.15, -0.1) is 0 Å². The number of hydrogen-bond acceptors (Lipinski definition) is 3. The van der Waals surface area contributed by atoms with Gasteiger partial charge < -0.3 is 10.1 Å². The zero-order chi connectivity index (χ0) is 13.5. The van der Waals surface area contributed by atoms with Crippen molar-refractivity contribution in [2.24, 2.45) is 5.92 Å². The molecule has 0 radical (unpaired) electrons. The van der Waals surface area contributed by atoms with Gasteiger partial charge >= 0.3 is 0 Å². The number of ether oxygens (including phenoxy) is 1. The van der Waals surface area contributed by atoms with Crippen molar-refractivity contribution in [3.05, 3.63) is 35.1 Å². The van der Waals surface area contributed by atoms with E-state index in [1.54, 1.807) is 6.07 Å². The quantitative estimate of drug-likeness (QED) is 0.830. The van der Waals surface area contributed by atoms with Crippen LogP contribution in [0.3, 0.4) is 0 Å². The van der Waals surface area contributed by atoms with Gasteiger partial charge in [0.1, 0.15) is 5.82 Å². The van der Waals surface area contributed by atoms with E-state index in [0.717, 1.165) is 25.1 Å². The summed E-state index contributed by atoms with van der Waals surface area (Å²) in [5.41, 5.74) is 1.06. The van der Waals surface area contributed by atoms with E-state index in [4.69, 9.17) is 10.00 Å². The first kappa shape index (κ1) is 14.0. The normalized spacial score (nSPS) is 19.1. The minimum Gasteiger partial charge on any atom is -0.377 e. The molecular formula is C15H19FN2O. The molecule has 0 saturated carbocycles. The Kier molecular flexibility index (Phi) is 5.31. The van der Waals surface area contributed by atoms with E-state index < -0.39 is 0 Å². The van der Waals surface area contributed by atoms with Gasteiger partial charge in [-0.2, -0.15) is 5.26 Å². The molecule has 4 heteroatoms. The predicted octanol–water partition coefficient (Wildman–Crippen LogP) is 2.60. The van der Waals surface area contributed by atoms with Crippen molar-refractivity contribution in [3.63, 3.8) is 0 Å². The number of nitrogens with zero attached hydrogens (tertiary/aromatic N) is 1. The average Bonchev–Trinajstić information content (AvgIpc) is 2.44. The van der Waals surface area contributed by atoms with E-state index in [0.29, 0.717) is 24.7 Å². The lowest BCUT2D eigenvalue weighted by Gasteiger charge is -2.22. The van der Waals surface area contributed by atoms with Crippen molar-refractivity contribution in [1.29, 1.82) is 5.26 Å². The number of benzene rings is 1. The lowest BCUT2D eigenvalue weighted by atomic mass is 9.97. The molecule has 1 aromatic rings. The summed E-state index contributed by atoms with van der Waals surface area (Å²) in [5, 5.41) is 12.1. The first-order chi connectivity index (χ1) is 9.28. The highest BCUT2D eigenvalue weighted by Gasteiger charge is 2.12. The van der Waals surface area contributed by atoms with Gasteiger partial charge in [0.05, 0.1) is 18.2 Å². The zero-order valence-corrected chi connectivity index (χ0v) is 11.0. The molecule has 0 spiro atoms. The average molecular weight is 262 g/mol. The van der Waals surface area contributed by atoms with Crippen LogP contribution in [-0.4, -0.2) is 19.7 Å². The fourth-order valence-corrected chi connectivity index (χ4v) is 2.41. The number of piperidine rings is 1. The second-order valence-electron chi connectivity index (χ2n) is 5.01. The fourth-order valence-electron chi connectivity index (χ4n) is 2.41. The van der Waals surface area contributed by atoms with Gasteiger partial charge in [-0.25, -0.2) is 4.39 Å². The Balaban J connectivity index is 1.73. The van der Waals surface area contributed by atoms with Crippen LogP contribution in [0, 0.1) is 23.1 Å². The summed E-state index contributed by atoms with van der Waals surface area (Å²) in [6, 6.07) is 6.27. The van der Waals surface area contributed by atoms with Crippen LogP contribution in [0.2, 0.25) is 0 Å². The molecule has 3 nitrogen and oxygen atoms in total. The van der Waals surface area contributed by atoms with Crippen molar-refractivity contribution in [1.82, 2.24) is 5.32 Å². The van der Waals surface area contributed by atoms with Crippen LogP contribution in [0.5, 0.6) is 0 Å². The zero-order valence-electron chi connectivity index (χ0n) is 11.0. The highest BCUT2D eigenvalue weighted by molar-refractivity contribution is 5.33. The molecule has 1 aromatic carbocycles. The third kappa shape index (κ3) is 4.62. The third-order valence-electron chi connectivity index (χ3n) is 3.42. The summed E-state index contributed by atoms with van der Waals surface area (Å²) in [6.07, 6.45) is 3.53. The van der Waals surface area contributed by atoms with Crippen LogP contribution in [-0.2, 0) is 11.3 Å². The van der Waals surface area contributed by atoms with Gasteiger partial charge in [-0.1, -0.05) is 0 Å². The minimum absolute atomic E-state index is 0.343. The maximum atomic E-state index is 13.2. The Morgan fingerprint density at radius 1 is 1.42 bits per heavy atom. The molecule has 2 rings (SSSR count). The van der Waals surface area contributed by atoms with Crippen molar-refractivity contribution < 1.29 is 9.13 Å². The molecule has 1 N–H and O–H groups in total. The number of halogens is 1. The molecule has 0 amide bonds. The van der Waals surface area contributed by atoms with Gasteiger partial charge in [-0.05, 0) is 62.0 Å². The highest BCUT2D eigenvalue weighted by Crippen LogP contribution is 2.15. The first-order valence-corrected chi connectivity index (χ1v) is 6.76. The van der Waals surface area contributed by atoms with Crippen LogP contribution in [0.25, 0.3) is 0 Å². The molecular weight excluding hydrogens is 243 g/mol. The molecule has 1 aliphatic heterocycles. The fraction of sp³-hybridized carbons (Fsp3) is 0.533. The largest absolute Gasteiger partial charge is 0.377 e. The SMILES string of the molecule is N#Cc1cc(F)cc(COCCC2CCCNC2)c1. The van der Waals surface area contributed by atoms with E-state index in [2.05, 4.69) is 5.32 Å². The van der Waals surface area contributed by atoms with E-state index >= 15 is 0 Å². The Labute approximate surface area is 113 Å². The minimum atomic E-state index is -0.380. The third-order valence-corrected chi connectivity index (χ3v) is 3.42. The number of rotatable bonds is 5. The maximum Gasteiger partial charge on any atom is 0.124 e. The molecule has 1 heterocycles. The van der Waals surface area contributed by atoms with E-state index in [1.807, 2.05) is 6.07 Å². The topological polar surface area (TPSA) is 45.0 Å². The second kappa shape index (κ2) is 7.22. The predicted molar refractivity (Wildman–Crippen MR) is 71.0 cm³/mol. The van der Waals surface area contributed by atoms with Gasteiger partial charge in [0.15, 0.2) is 0 Å². The van der Waals surface area contributed by atoms with Crippen LogP contribution < -0.4 is 5.32 Å². The van der Waals surface area contributed by atoms with E-state index in [-0.39, 0.29) is 5.82 Å². The summed E-state index contributed by atoms with van der Waals surface area (Å²) in [4.78, 5) is 0. The molecule has 1 atom stereocenters. The van der Waals surface area contributed by atoms with Gasteiger partial charge in [-0.3, -0.25) is 0 Å². The lowest BCUT2D eigenvalue weighted by Crippen LogP contribution is -2.30. The summed E-state index contributed by atoms with van der Waals surface area (Å²) < 4.78 is 18.8. The second-order valence-corrected chi connectivity index (χ2v) is 5.01. The summed E-state index contributed by atoms with van der Waals surface area (Å²) in [5.74, 6) is 0.310. The molecule has 19 heavy (non-hydrogen) atoms. The first-order valence-electron chi connectivity index (χ1n) is 6.76. The van der Waals surface area contributed by atoms with Crippen molar-refractivity contribution in [3.8, 4) is 6.07 Å². The standard InChI is InChI=1S/C15H19FN2O/c16-15-7-13(9-17)6-14(8-15)11-19-5-3-12-2-1-4-18-10-12/h6-8,12,18H,1-5,10-11H2. The van der Waals surface area contributed by atoms with Crippen molar-refractivity contribution in [2.75, 3.05) is 19.7 Å². The van der Waals surface area contributed by atoms with E-state index in [1.165, 1.54) is 25.0 Å². The molecule has 1 aliphatic rings. The Bertz CT molecular complexity index is 450. The monoisotopic (exact) mass is 262 g/mol. The number of nitriles is 1. The Morgan fingerprint density at radius 2 is 2.32 bits per heavy atom. The smallest absolute Gasteiger partial charge is 0.124 e. The van der Waals surface area contributed by atoms with Gasteiger partial charge in [0, 0.05) is 6.61 Å². The number of nitrogens with one attached hydrogen (secondary N) is 1. The molecule has 0 aliphatic carbocycles. The molecule has 1 unspecified atom stereocenters. The molecule has 1 fully saturated rings. The van der Waals surface area contributed by atoms with Crippen LogP contribution in [0.15, 0.2) is 18.2 Å². The maximum absolute atomic E-state index is 13.2. The van der Waals surface area contributed by atoms with Gasteiger partial charge in [0.2, 0.25) is 0 Å². The molecule has 0 aromatic heterocycles. The summed E-state index contributed by atoms with van der Waals surface area (Å²) in [6.45, 7) is 3.25. The molecule has 0 bridgehead atoms. The lowest BCUT2D eigenvalue weighted by molar-refractivity contribution is 0.103.